The number of rotatable bonds is 5. The molecule has 0 aromatic carbocycles. The fourth-order valence-electron chi connectivity index (χ4n) is 1.10. The zero-order valence-electron chi connectivity index (χ0n) is 9.19. The molecule has 0 rings (SSSR count). The third kappa shape index (κ3) is 22.9. The van der Waals surface area contributed by atoms with Crippen LogP contribution < -0.4 is 5.32 Å². The van der Waals surface area contributed by atoms with E-state index in [1.807, 2.05) is 0 Å². The molecule has 15 heavy (non-hydrogen) atoms. The van der Waals surface area contributed by atoms with Crippen molar-refractivity contribution in [3.8, 4) is 0 Å². The van der Waals surface area contributed by atoms with Crippen molar-refractivity contribution < 1.29 is 9.72 Å². The van der Waals surface area contributed by atoms with Crippen LogP contribution in [0, 0.1) is 0 Å². The van der Waals surface area contributed by atoms with Crippen LogP contribution in [0.4, 0.5) is 0 Å². The van der Waals surface area contributed by atoms with Crippen LogP contribution in [0.3, 0.4) is 0 Å². The van der Waals surface area contributed by atoms with Crippen molar-refractivity contribution >= 4 is 91.5 Å². The average molecular weight is 782 g/mol. The molecular formula is C8H17I3NOPbV. The summed E-state index contributed by atoms with van der Waals surface area (Å²) in [4.78, 5) is 10.5. The Morgan fingerprint density at radius 3 is 2.07 bits per heavy atom. The second-order valence-corrected chi connectivity index (χ2v) is 41.3. The maximum atomic E-state index is 10.8. The third-order valence-electron chi connectivity index (χ3n) is 1.44. The van der Waals surface area contributed by atoms with Gasteiger partial charge in [0.05, 0.1) is 0 Å². The van der Waals surface area contributed by atoms with E-state index in [2.05, 4.69) is 79.1 Å². The number of halogens is 3. The molecular weight excluding hydrogens is 765 g/mol. The third-order valence-corrected chi connectivity index (χ3v) is 2.56. The normalized spacial score (nSPS) is 10.9. The van der Waals surface area contributed by atoms with Crippen molar-refractivity contribution in [1.82, 2.24) is 5.32 Å². The van der Waals surface area contributed by atoms with Crippen LogP contribution in [-0.2, 0) is 9.72 Å². The molecule has 0 aliphatic rings. The number of hydrogen-bond donors (Lipinski definition) is 1. The zero-order valence-corrected chi connectivity index (χ0v) is 21.5. The Morgan fingerprint density at radius 1 is 1.40 bits per heavy atom. The maximum absolute atomic E-state index is 10.8. The van der Waals surface area contributed by atoms with Crippen molar-refractivity contribution in [1.29, 1.82) is 0 Å². The summed E-state index contributed by atoms with van der Waals surface area (Å²) in [6, 6.07) is 0. The van der Waals surface area contributed by atoms with E-state index in [0.717, 1.165) is 32.3 Å². The molecule has 0 spiro atoms. The molecule has 90 valence electrons. The summed E-state index contributed by atoms with van der Waals surface area (Å²) in [5.41, 5.74) is 0.000718. The van der Waals surface area contributed by atoms with Crippen LogP contribution in [0.15, 0.2) is 0 Å². The fraction of sp³-hybridized carbons (Fsp3) is 0.875. The van der Waals surface area contributed by atoms with E-state index >= 15 is 0 Å². The molecule has 0 bridgehead atoms. The van der Waals surface area contributed by atoms with Crippen molar-refractivity contribution in [3.63, 3.8) is 0 Å². The molecule has 0 fully saturated rings. The van der Waals surface area contributed by atoms with Crippen LogP contribution in [0.1, 0.15) is 27.2 Å². The molecule has 0 atom stereocenters. The fourth-order valence-corrected chi connectivity index (χ4v) is 1.66. The van der Waals surface area contributed by atoms with Crippen LogP contribution in [0.2, 0.25) is 3.98 Å². The molecule has 0 aromatic heterocycles. The Morgan fingerprint density at radius 2 is 1.80 bits per heavy atom. The quantitative estimate of drug-likeness (QED) is 0.343. The minimum atomic E-state index is -0.278. The van der Waals surface area contributed by atoms with Gasteiger partial charge in [0.25, 0.3) is 0 Å². The Bertz CT molecular complexity index is 179. The van der Waals surface area contributed by atoms with E-state index in [0.29, 0.717) is 6.42 Å². The summed E-state index contributed by atoms with van der Waals surface area (Å²) in [6.07, 6.45) is 0.637. The number of hydrogen-bond acceptors (Lipinski definition) is 2. The number of Topliss-reactive ketones (excluding diaryl/α,β-unsaturated/α-hetero) is 1. The molecule has 0 aliphatic carbocycles. The molecule has 1 N–H and O–H groups in total. The van der Waals surface area contributed by atoms with Gasteiger partial charge in [0, 0.05) is 0 Å². The summed E-state index contributed by atoms with van der Waals surface area (Å²) in [7, 11) is 0. The molecule has 0 amide bonds. The first-order valence-corrected chi connectivity index (χ1v) is 21.1. The van der Waals surface area contributed by atoms with E-state index in [9.17, 15) is 4.79 Å². The Labute approximate surface area is 147 Å². The monoisotopic (exact) mass is 783 g/mol. The van der Waals surface area contributed by atoms with Gasteiger partial charge in [-0.3, -0.25) is 0 Å². The molecule has 7 heteroatoms. The van der Waals surface area contributed by atoms with Gasteiger partial charge in [0.15, 0.2) is 0 Å². The van der Waals surface area contributed by atoms with Gasteiger partial charge in [0.2, 0.25) is 0 Å². The van der Waals surface area contributed by atoms with Crippen LogP contribution in [0.25, 0.3) is 0 Å². The van der Waals surface area contributed by atoms with E-state index in [4.69, 9.17) is 0 Å². The standard InChI is InChI=1S/C8H16NO.3HI.Pb.V.H/c1-5-9-8(3,4)6-7(2)10;;;;;;/h9H,1,5-6H2,2-4H3;3*1H;;;/q;;;;;+3;/p-3. The van der Waals surface area contributed by atoms with E-state index in [1.165, 1.54) is 3.98 Å². The van der Waals surface area contributed by atoms with E-state index in [-0.39, 0.29) is 16.2 Å². The minimum absolute atomic E-state index is 0.000718. The van der Waals surface area contributed by atoms with Gasteiger partial charge in [-0.15, -0.1) is 0 Å². The predicted molar refractivity (Wildman–Crippen MR) is 91.4 cm³/mol. The SMILES string of the molecule is CC(=O)CC(C)(C)NC[CH2][PbH].[I][V]([I])[I]. The first-order valence-electron chi connectivity index (χ1n) is 4.43. The van der Waals surface area contributed by atoms with Gasteiger partial charge in [-0.1, -0.05) is 0 Å². The summed E-state index contributed by atoms with van der Waals surface area (Å²) >= 11 is 8.44. The van der Waals surface area contributed by atoms with Gasteiger partial charge in [-0.2, -0.15) is 0 Å². The van der Waals surface area contributed by atoms with Crippen LogP contribution >= 0.6 is 59.9 Å². The number of carbonyl (C=O) groups is 1. The second-order valence-electron chi connectivity index (χ2n) is 3.67. The zero-order chi connectivity index (χ0) is 12.5. The van der Waals surface area contributed by atoms with Crippen LogP contribution in [-0.4, -0.2) is 43.6 Å². The van der Waals surface area contributed by atoms with Crippen molar-refractivity contribution in [2.45, 2.75) is 36.7 Å². The molecule has 0 unspecified atom stereocenters. The van der Waals surface area contributed by atoms with Crippen molar-refractivity contribution in [2.24, 2.45) is 0 Å². The van der Waals surface area contributed by atoms with Gasteiger partial charge < -0.3 is 0 Å². The predicted octanol–water partition coefficient (Wildman–Crippen LogP) is 3.31. The second kappa shape index (κ2) is 12.4. The Balaban J connectivity index is 0. The first kappa shape index (κ1) is 20.6. The van der Waals surface area contributed by atoms with Gasteiger partial charge >= 0.3 is 150 Å². The molecule has 2 nitrogen and oxygen atoms in total. The summed E-state index contributed by atoms with van der Waals surface area (Å²) in [5.74, 6) is 0.262. The molecule has 0 aromatic rings. The summed E-state index contributed by atoms with van der Waals surface area (Å²) in [5, 5.41) is 3.36. The topological polar surface area (TPSA) is 29.1 Å². The number of ketones is 1. The molecule has 0 heterocycles. The van der Waals surface area contributed by atoms with Crippen molar-refractivity contribution in [3.05, 3.63) is 0 Å². The Kier molecular flexibility index (Phi) is 17.0. The van der Waals surface area contributed by atoms with Gasteiger partial charge in [0.1, 0.15) is 0 Å². The molecule has 0 saturated carbocycles. The van der Waals surface area contributed by atoms with E-state index < -0.39 is 0 Å². The molecule has 0 aliphatic heterocycles. The molecule has 0 saturated heterocycles. The molecule has 2 radical (unpaired) electrons. The van der Waals surface area contributed by atoms with Crippen LogP contribution in [0.5, 0.6) is 0 Å². The van der Waals surface area contributed by atoms with Gasteiger partial charge in [-0.05, 0) is 0 Å². The first-order chi connectivity index (χ1) is 6.71. The summed E-state index contributed by atoms with van der Waals surface area (Å²) in [6.45, 7) is 6.86. The van der Waals surface area contributed by atoms with Crippen molar-refractivity contribution in [2.75, 3.05) is 6.54 Å². The van der Waals surface area contributed by atoms with E-state index in [1.54, 1.807) is 6.92 Å². The number of carbonyl (C=O) groups excluding carboxylic acids is 1. The summed E-state index contributed by atoms with van der Waals surface area (Å²) < 4.78 is 1.28. The Hall–Kier alpha value is 3.33. The van der Waals surface area contributed by atoms with Gasteiger partial charge in [-0.25, -0.2) is 0 Å². The number of nitrogens with one attached hydrogen (secondary N) is 1. The average Bonchev–Trinajstić information content (AvgIpc) is 1.97.